The van der Waals surface area contributed by atoms with E-state index in [9.17, 15) is 8.42 Å². The maximum atomic E-state index is 12.5. The molecule has 0 radical (unpaired) electrons. The van der Waals surface area contributed by atoms with Crippen LogP contribution in [-0.4, -0.2) is 27.0 Å². The quantitative estimate of drug-likeness (QED) is 0.765. The van der Waals surface area contributed by atoms with Crippen molar-refractivity contribution in [3.8, 4) is 0 Å². The molecular weight excluding hydrogens is 312 g/mol. The standard InChI is InChI=1S/C13H18N2O2S3/c1-18-8-4-7-15-20(16,17)13-10-5-2-3-6-11(10)19-12(13)9-14/h2-3,5-6,15H,4,7-9,14H2,1H3. The first-order chi connectivity index (χ1) is 9.60. The van der Waals surface area contributed by atoms with Gasteiger partial charge < -0.3 is 5.73 Å². The molecule has 1 aromatic carbocycles. The summed E-state index contributed by atoms with van der Waals surface area (Å²) >= 11 is 3.15. The van der Waals surface area contributed by atoms with Crippen molar-refractivity contribution in [1.82, 2.24) is 4.72 Å². The van der Waals surface area contributed by atoms with Crippen molar-refractivity contribution >= 4 is 43.2 Å². The fraction of sp³-hybridized carbons (Fsp3) is 0.385. The Hall–Kier alpha value is -0.600. The predicted octanol–water partition coefficient (Wildman–Crippen LogP) is 2.39. The van der Waals surface area contributed by atoms with Gasteiger partial charge in [0.25, 0.3) is 0 Å². The molecule has 0 bridgehead atoms. The van der Waals surface area contributed by atoms with Crippen LogP contribution < -0.4 is 10.5 Å². The second kappa shape index (κ2) is 6.91. The SMILES string of the molecule is CSCCCNS(=O)(=O)c1c(CN)sc2ccccc12. The molecule has 0 fully saturated rings. The molecule has 0 saturated heterocycles. The normalized spacial score (nSPS) is 12.1. The van der Waals surface area contributed by atoms with Crippen LogP contribution >= 0.6 is 23.1 Å². The third-order valence-corrected chi connectivity index (χ3v) is 6.50. The average molecular weight is 331 g/mol. The molecule has 2 rings (SSSR count). The molecule has 0 aliphatic rings. The van der Waals surface area contributed by atoms with E-state index >= 15 is 0 Å². The van der Waals surface area contributed by atoms with Gasteiger partial charge in [-0.15, -0.1) is 11.3 Å². The van der Waals surface area contributed by atoms with E-state index in [1.807, 2.05) is 30.5 Å². The summed E-state index contributed by atoms with van der Waals surface area (Å²) in [7, 11) is -3.50. The Morgan fingerprint density at radius 2 is 2.10 bits per heavy atom. The maximum Gasteiger partial charge on any atom is 0.242 e. The fourth-order valence-corrected chi connectivity index (χ4v) is 5.33. The zero-order valence-corrected chi connectivity index (χ0v) is 13.7. The van der Waals surface area contributed by atoms with Crippen LogP contribution in [0.15, 0.2) is 29.2 Å². The monoisotopic (exact) mass is 330 g/mol. The molecule has 0 saturated carbocycles. The van der Waals surface area contributed by atoms with Crippen molar-refractivity contribution in [3.05, 3.63) is 29.1 Å². The van der Waals surface area contributed by atoms with Gasteiger partial charge in [-0.3, -0.25) is 0 Å². The van der Waals surface area contributed by atoms with Crippen LogP contribution in [0.5, 0.6) is 0 Å². The Morgan fingerprint density at radius 1 is 1.35 bits per heavy atom. The highest BCUT2D eigenvalue weighted by Gasteiger charge is 2.23. The summed E-state index contributed by atoms with van der Waals surface area (Å²) in [6, 6.07) is 7.51. The number of fused-ring (bicyclic) bond motifs is 1. The van der Waals surface area contributed by atoms with E-state index < -0.39 is 10.0 Å². The number of benzene rings is 1. The van der Waals surface area contributed by atoms with Crippen molar-refractivity contribution in [2.45, 2.75) is 17.9 Å². The van der Waals surface area contributed by atoms with Crippen molar-refractivity contribution in [1.29, 1.82) is 0 Å². The van der Waals surface area contributed by atoms with E-state index in [0.717, 1.165) is 22.3 Å². The Kier molecular flexibility index (Phi) is 5.45. The minimum absolute atomic E-state index is 0.237. The van der Waals surface area contributed by atoms with Gasteiger partial charge in [0.1, 0.15) is 4.90 Å². The Morgan fingerprint density at radius 3 is 2.80 bits per heavy atom. The summed E-state index contributed by atoms with van der Waals surface area (Å²) in [6.07, 6.45) is 2.83. The first-order valence-electron chi connectivity index (χ1n) is 6.29. The second-order valence-electron chi connectivity index (χ2n) is 4.30. The van der Waals surface area contributed by atoms with Gasteiger partial charge in [-0.05, 0) is 24.5 Å². The van der Waals surface area contributed by atoms with Gasteiger partial charge in [0, 0.05) is 28.1 Å². The number of hydrogen-bond acceptors (Lipinski definition) is 5. The van der Waals surface area contributed by atoms with Gasteiger partial charge in [0.15, 0.2) is 0 Å². The van der Waals surface area contributed by atoms with Crippen LogP contribution in [0.1, 0.15) is 11.3 Å². The molecule has 0 unspecified atom stereocenters. The highest BCUT2D eigenvalue weighted by Crippen LogP contribution is 2.34. The average Bonchev–Trinajstić information content (AvgIpc) is 2.83. The Bertz CT molecular complexity index is 680. The summed E-state index contributed by atoms with van der Waals surface area (Å²) in [5, 5.41) is 0.760. The number of nitrogens with one attached hydrogen (secondary N) is 1. The molecule has 0 atom stereocenters. The van der Waals surface area contributed by atoms with E-state index in [0.29, 0.717) is 16.3 Å². The Labute approximate surface area is 127 Å². The largest absolute Gasteiger partial charge is 0.326 e. The summed E-state index contributed by atoms with van der Waals surface area (Å²) in [5.74, 6) is 0.941. The zero-order valence-electron chi connectivity index (χ0n) is 11.3. The lowest BCUT2D eigenvalue weighted by molar-refractivity contribution is 0.581. The number of sulfonamides is 1. The maximum absolute atomic E-state index is 12.5. The number of thioether (sulfide) groups is 1. The van der Waals surface area contributed by atoms with Crippen molar-refractivity contribution < 1.29 is 8.42 Å². The fourth-order valence-electron chi connectivity index (χ4n) is 2.00. The number of rotatable bonds is 7. The molecule has 0 aliphatic carbocycles. The molecule has 0 spiro atoms. The van der Waals surface area contributed by atoms with Gasteiger partial charge in [-0.1, -0.05) is 18.2 Å². The summed E-state index contributed by atoms with van der Waals surface area (Å²) in [4.78, 5) is 1.06. The molecular formula is C13H18N2O2S3. The Balaban J connectivity index is 2.35. The van der Waals surface area contributed by atoms with Crippen LogP contribution in [0.4, 0.5) is 0 Å². The minimum atomic E-state index is -3.50. The van der Waals surface area contributed by atoms with Crippen LogP contribution in [0.25, 0.3) is 10.1 Å². The molecule has 1 heterocycles. The molecule has 2 aromatic rings. The third-order valence-electron chi connectivity index (χ3n) is 2.89. The minimum Gasteiger partial charge on any atom is -0.326 e. The lowest BCUT2D eigenvalue weighted by atomic mass is 10.2. The molecule has 3 N–H and O–H groups in total. The molecule has 0 amide bonds. The zero-order chi connectivity index (χ0) is 14.6. The lowest BCUT2D eigenvalue weighted by Gasteiger charge is -2.07. The van der Waals surface area contributed by atoms with Gasteiger partial charge >= 0.3 is 0 Å². The van der Waals surface area contributed by atoms with Crippen LogP contribution in [0.2, 0.25) is 0 Å². The number of nitrogens with two attached hydrogens (primary N) is 1. The van der Waals surface area contributed by atoms with Crippen molar-refractivity contribution in [2.75, 3.05) is 18.6 Å². The number of thiophene rings is 1. The van der Waals surface area contributed by atoms with E-state index in [1.165, 1.54) is 11.3 Å². The van der Waals surface area contributed by atoms with Crippen molar-refractivity contribution in [3.63, 3.8) is 0 Å². The summed E-state index contributed by atoms with van der Waals surface area (Å²) < 4.78 is 28.6. The van der Waals surface area contributed by atoms with Gasteiger partial charge in [0.05, 0.1) is 0 Å². The highest BCUT2D eigenvalue weighted by molar-refractivity contribution is 7.98. The molecule has 20 heavy (non-hydrogen) atoms. The first-order valence-corrected chi connectivity index (χ1v) is 9.98. The van der Waals surface area contributed by atoms with Gasteiger partial charge in [-0.25, -0.2) is 13.1 Å². The van der Waals surface area contributed by atoms with E-state index in [-0.39, 0.29) is 6.54 Å². The molecule has 1 aromatic heterocycles. The first kappa shape index (κ1) is 15.8. The van der Waals surface area contributed by atoms with Crippen molar-refractivity contribution in [2.24, 2.45) is 5.73 Å². The molecule has 4 nitrogen and oxygen atoms in total. The topological polar surface area (TPSA) is 72.2 Å². The molecule has 0 aliphatic heterocycles. The molecule has 110 valence electrons. The third kappa shape index (κ3) is 3.35. The van der Waals surface area contributed by atoms with Crippen LogP contribution in [-0.2, 0) is 16.6 Å². The van der Waals surface area contributed by atoms with E-state index in [1.54, 1.807) is 11.8 Å². The smallest absolute Gasteiger partial charge is 0.242 e. The summed E-state index contributed by atoms with van der Waals surface area (Å²) in [6.45, 7) is 0.692. The van der Waals surface area contributed by atoms with Crippen LogP contribution in [0.3, 0.4) is 0 Å². The summed E-state index contributed by atoms with van der Waals surface area (Å²) in [5.41, 5.74) is 5.70. The van der Waals surface area contributed by atoms with E-state index in [4.69, 9.17) is 5.73 Å². The van der Waals surface area contributed by atoms with Gasteiger partial charge in [0.2, 0.25) is 10.0 Å². The highest BCUT2D eigenvalue weighted by atomic mass is 32.2. The van der Waals surface area contributed by atoms with Gasteiger partial charge in [-0.2, -0.15) is 11.8 Å². The lowest BCUT2D eigenvalue weighted by Crippen LogP contribution is -2.26. The predicted molar refractivity (Wildman–Crippen MR) is 87.9 cm³/mol. The molecule has 7 heteroatoms. The van der Waals surface area contributed by atoms with Crippen LogP contribution in [0, 0.1) is 0 Å². The second-order valence-corrected chi connectivity index (χ2v) is 8.12. The van der Waals surface area contributed by atoms with E-state index in [2.05, 4.69) is 4.72 Å². The number of hydrogen-bond donors (Lipinski definition) is 2.